The number of alkyl halides is 3. The van der Waals surface area contributed by atoms with Crippen LogP contribution in [0.4, 0.5) is 13.2 Å². The van der Waals surface area contributed by atoms with Crippen molar-refractivity contribution in [2.75, 3.05) is 20.2 Å². The summed E-state index contributed by atoms with van der Waals surface area (Å²) in [7, 11) is 1.73. The highest BCUT2D eigenvalue weighted by molar-refractivity contribution is 5.73. The van der Waals surface area contributed by atoms with E-state index in [1.54, 1.807) is 7.11 Å². The van der Waals surface area contributed by atoms with Gasteiger partial charge in [-0.05, 0) is 38.9 Å². The number of carboxylic acids is 1. The molecule has 2 aliphatic heterocycles. The molecule has 11 heteroatoms. The third kappa shape index (κ3) is 5.40. The van der Waals surface area contributed by atoms with Gasteiger partial charge in [-0.3, -0.25) is 9.58 Å². The lowest BCUT2D eigenvalue weighted by Gasteiger charge is -2.23. The van der Waals surface area contributed by atoms with E-state index in [-0.39, 0.29) is 0 Å². The number of aliphatic carboxylic acids is 1. The van der Waals surface area contributed by atoms with E-state index in [0.717, 1.165) is 43.9 Å². The number of rotatable bonds is 5. The lowest BCUT2D eigenvalue weighted by Crippen LogP contribution is -2.28. The Morgan fingerprint density at radius 2 is 1.94 bits per heavy atom. The molecule has 194 valence electrons. The van der Waals surface area contributed by atoms with E-state index in [1.165, 1.54) is 23.5 Å². The molecule has 0 radical (unpaired) electrons. The number of nitrogens with zero attached hydrogens (tertiary/aromatic N) is 5. The SMILES string of the molecule is COc1ccccc1-c1cnc2n1CC1(CCN(Cc3cnn(C(C)C)c3)C1)C2.O=C(O)C(F)(F)F. The van der Waals surface area contributed by atoms with Gasteiger partial charge in [-0.1, -0.05) is 12.1 Å². The Labute approximate surface area is 207 Å². The molecule has 1 fully saturated rings. The van der Waals surface area contributed by atoms with Gasteiger partial charge < -0.3 is 14.4 Å². The van der Waals surface area contributed by atoms with Gasteiger partial charge in [0, 0.05) is 54.8 Å². The quantitative estimate of drug-likeness (QED) is 0.553. The zero-order valence-electron chi connectivity index (χ0n) is 20.5. The molecule has 4 heterocycles. The molecule has 0 aliphatic carbocycles. The molecule has 2 aromatic heterocycles. The van der Waals surface area contributed by atoms with Crippen molar-refractivity contribution >= 4 is 5.97 Å². The lowest BCUT2D eigenvalue weighted by atomic mass is 9.86. The van der Waals surface area contributed by atoms with Gasteiger partial charge in [0.2, 0.25) is 0 Å². The number of halogens is 3. The Morgan fingerprint density at radius 3 is 2.58 bits per heavy atom. The number of methoxy groups -OCH3 is 1. The van der Waals surface area contributed by atoms with Crippen LogP contribution in [0.2, 0.25) is 0 Å². The maximum atomic E-state index is 10.6. The number of benzene rings is 1. The summed E-state index contributed by atoms with van der Waals surface area (Å²) in [6.07, 6.45) is 3.41. The number of aromatic nitrogens is 4. The third-order valence-corrected chi connectivity index (χ3v) is 6.70. The number of ether oxygens (including phenoxy) is 1. The summed E-state index contributed by atoms with van der Waals surface area (Å²) in [6.45, 7) is 8.62. The molecule has 8 nitrogen and oxygen atoms in total. The first-order valence-electron chi connectivity index (χ1n) is 11.7. The Balaban J connectivity index is 0.000000384. The van der Waals surface area contributed by atoms with Crippen molar-refractivity contribution in [1.29, 1.82) is 0 Å². The van der Waals surface area contributed by atoms with Gasteiger partial charge in [0.05, 0.1) is 25.2 Å². The molecule has 1 N–H and O–H groups in total. The molecule has 0 saturated carbocycles. The number of likely N-dealkylation sites (tertiary alicyclic amines) is 1. The average Bonchev–Trinajstić information content (AvgIpc) is 3.59. The fraction of sp³-hybridized carbons (Fsp3) is 0.480. The summed E-state index contributed by atoms with van der Waals surface area (Å²) < 4.78 is 41.8. The van der Waals surface area contributed by atoms with Gasteiger partial charge in [-0.25, -0.2) is 9.78 Å². The van der Waals surface area contributed by atoms with Gasteiger partial charge in [-0.2, -0.15) is 18.3 Å². The zero-order chi connectivity index (χ0) is 26.1. The first-order valence-corrected chi connectivity index (χ1v) is 11.7. The van der Waals surface area contributed by atoms with Crippen LogP contribution in [0.3, 0.4) is 0 Å². The number of hydrogen-bond acceptors (Lipinski definition) is 5. The highest BCUT2D eigenvalue weighted by atomic mass is 19.4. The second kappa shape index (κ2) is 9.96. The molecule has 2 aliphatic rings. The molecular weight excluding hydrogens is 475 g/mol. The number of hydrogen-bond donors (Lipinski definition) is 1. The number of carbonyl (C=O) groups is 1. The minimum atomic E-state index is -5.08. The lowest BCUT2D eigenvalue weighted by molar-refractivity contribution is -0.192. The second-order valence-corrected chi connectivity index (χ2v) is 9.71. The topological polar surface area (TPSA) is 85.4 Å². The van der Waals surface area contributed by atoms with E-state index in [4.69, 9.17) is 19.6 Å². The normalized spacial score (nSPS) is 19.4. The van der Waals surface area contributed by atoms with Gasteiger partial charge in [0.25, 0.3) is 0 Å². The largest absolute Gasteiger partial charge is 0.496 e. The van der Waals surface area contributed by atoms with Crippen molar-refractivity contribution in [3.63, 3.8) is 0 Å². The van der Waals surface area contributed by atoms with Gasteiger partial charge in [0.15, 0.2) is 0 Å². The van der Waals surface area contributed by atoms with Crippen LogP contribution in [0, 0.1) is 5.41 Å². The monoisotopic (exact) mass is 505 g/mol. The van der Waals surface area contributed by atoms with Crippen molar-refractivity contribution < 1.29 is 27.8 Å². The molecule has 1 spiro atoms. The first kappa shape index (κ1) is 25.7. The van der Waals surface area contributed by atoms with E-state index in [0.29, 0.717) is 11.5 Å². The number of para-hydroxylation sites is 1. The molecule has 5 rings (SSSR count). The van der Waals surface area contributed by atoms with E-state index in [1.807, 2.05) is 29.2 Å². The highest BCUT2D eigenvalue weighted by Gasteiger charge is 2.44. The van der Waals surface area contributed by atoms with Crippen LogP contribution in [0.25, 0.3) is 11.3 Å². The van der Waals surface area contributed by atoms with Crippen LogP contribution in [0.15, 0.2) is 42.9 Å². The Hall–Kier alpha value is -3.34. The van der Waals surface area contributed by atoms with Crippen LogP contribution >= 0.6 is 0 Å². The van der Waals surface area contributed by atoms with E-state index in [9.17, 15) is 13.2 Å². The van der Waals surface area contributed by atoms with E-state index < -0.39 is 12.1 Å². The van der Waals surface area contributed by atoms with Crippen LogP contribution in [-0.4, -0.2) is 61.7 Å². The number of fused-ring (bicyclic) bond motifs is 1. The minimum Gasteiger partial charge on any atom is -0.496 e. The van der Waals surface area contributed by atoms with Gasteiger partial charge in [-0.15, -0.1) is 0 Å². The van der Waals surface area contributed by atoms with Crippen LogP contribution in [-0.2, 0) is 24.3 Å². The molecule has 1 atom stereocenters. The predicted molar refractivity (Wildman–Crippen MR) is 127 cm³/mol. The fourth-order valence-corrected chi connectivity index (χ4v) is 4.97. The third-order valence-electron chi connectivity index (χ3n) is 6.70. The smallest absolute Gasteiger partial charge is 0.490 e. The van der Waals surface area contributed by atoms with Crippen molar-refractivity contribution in [3.8, 4) is 17.0 Å². The Bertz CT molecular complexity index is 1220. The standard InChI is InChI=1S/C23H29N5O.C2HF3O2/c1-17(2)28-14-18(11-25-28)13-26-9-8-23(15-26)10-22-24-12-20(27(22)16-23)19-6-4-5-7-21(19)29-3;3-2(4,5)1(6)7/h4-7,11-12,14,17H,8-10,13,15-16H2,1-3H3;(H,6,7). The van der Waals surface area contributed by atoms with E-state index >= 15 is 0 Å². The van der Waals surface area contributed by atoms with Crippen LogP contribution in [0.1, 0.15) is 37.7 Å². The van der Waals surface area contributed by atoms with Crippen molar-refractivity contribution in [3.05, 3.63) is 54.2 Å². The summed E-state index contributed by atoms with van der Waals surface area (Å²) in [4.78, 5) is 16.3. The van der Waals surface area contributed by atoms with Crippen LogP contribution < -0.4 is 4.74 Å². The summed E-state index contributed by atoms with van der Waals surface area (Å²) in [6, 6.07) is 8.64. The first-order chi connectivity index (χ1) is 17.0. The predicted octanol–water partition coefficient (Wildman–Crippen LogP) is 4.42. The average molecular weight is 506 g/mol. The maximum absolute atomic E-state index is 10.6. The fourth-order valence-electron chi connectivity index (χ4n) is 4.97. The van der Waals surface area contributed by atoms with Crippen molar-refractivity contribution in [2.24, 2.45) is 5.41 Å². The highest BCUT2D eigenvalue weighted by Crippen LogP contribution is 2.43. The molecule has 36 heavy (non-hydrogen) atoms. The minimum absolute atomic E-state index is 0.300. The number of imidazole rings is 1. The Kier molecular flexibility index (Phi) is 7.12. The van der Waals surface area contributed by atoms with Gasteiger partial charge >= 0.3 is 12.1 Å². The molecule has 1 aromatic carbocycles. The van der Waals surface area contributed by atoms with E-state index in [2.05, 4.69) is 46.7 Å². The molecular formula is C25H30F3N5O3. The van der Waals surface area contributed by atoms with Gasteiger partial charge in [0.1, 0.15) is 11.6 Å². The van der Waals surface area contributed by atoms with Crippen LogP contribution in [0.5, 0.6) is 5.75 Å². The summed E-state index contributed by atoms with van der Waals surface area (Å²) in [5.41, 5.74) is 3.91. The maximum Gasteiger partial charge on any atom is 0.490 e. The molecule has 0 bridgehead atoms. The summed E-state index contributed by atoms with van der Waals surface area (Å²) in [5, 5.41) is 11.6. The molecule has 1 saturated heterocycles. The Morgan fingerprint density at radius 1 is 1.22 bits per heavy atom. The molecule has 0 amide bonds. The number of carboxylic acid groups (broad SMARTS) is 1. The zero-order valence-corrected chi connectivity index (χ0v) is 20.5. The second-order valence-electron chi connectivity index (χ2n) is 9.71. The van der Waals surface area contributed by atoms with Crippen molar-refractivity contribution in [1.82, 2.24) is 24.2 Å². The summed E-state index contributed by atoms with van der Waals surface area (Å²) in [5.74, 6) is -0.640. The molecule has 3 aromatic rings. The van der Waals surface area contributed by atoms with Crippen molar-refractivity contribution in [2.45, 2.75) is 52.0 Å². The summed E-state index contributed by atoms with van der Waals surface area (Å²) >= 11 is 0. The molecule has 1 unspecified atom stereocenters.